The maximum absolute atomic E-state index is 12.6. The largest absolute Gasteiger partial charge is 0.445 e. The lowest BCUT2D eigenvalue weighted by molar-refractivity contribution is -0.384. The number of likely N-dealkylation sites (tertiary alicyclic amines) is 1. The minimum Gasteiger partial charge on any atom is -0.445 e. The van der Waals surface area contributed by atoms with Crippen molar-refractivity contribution in [2.75, 3.05) is 19.8 Å². The van der Waals surface area contributed by atoms with Gasteiger partial charge in [0.1, 0.15) is 6.61 Å². The molecule has 0 aromatic heterocycles. The Hall–Kier alpha value is -2.17. The molecule has 27 heavy (non-hydrogen) atoms. The van der Waals surface area contributed by atoms with Crippen LogP contribution in [-0.2, 0) is 25.6 Å². The Morgan fingerprint density at radius 3 is 2.56 bits per heavy atom. The Bertz CT molecular complexity index is 706. The van der Waals surface area contributed by atoms with E-state index >= 15 is 0 Å². The van der Waals surface area contributed by atoms with Gasteiger partial charge in [0.2, 0.25) is 0 Å². The molecule has 0 aliphatic carbocycles. The van der Waals surface area contributed by atoms with Crippen molar-refractivity contribution in [2.45, 2.75) is 37.5 Å². The van der Waals surface area contributed by atoms with Gasteiger partial charge in [-0.25, -0.2) is 4.79 Å². The summed E-state index contributed by atoms with van der Waals surface area (Å²) in [6.45, 7) is 2.81. The van der Waals surface area contributed by atoms with Crippen LogP contribution in [0.5, 0.6) is 0 Å². The molecule has 2 atom stereocenters. The SMILES string of the molecule is CC(=O)S[C@H]1C[C@@H](C2OCCO2)N(C(=O)OCc2ccc([N+](=O)[O-])cc2)C1. The van der Waals surface area contributed by atoms with Gasteiger partial charge in [0.25, 0.3) is 5.69 Å². The third-order valence-electron chi connectivity index (χ3n) is 4.34. The van der Waals surface area contributed by atoms with E-state index in [2.05, 4.69) is 0 Å². The zero-order valence-corrected chi connectivity index (χ0v) is 15.6. The van der Waals surface area contributed by atoms with Crippen molar-refractivity contribution in [3.8, 4) is 0 Å². The monoisotopic (exact) mass is 396 g/mol. The van der Waals surface area contributed by atoms with E-state index in [-0.39, 0.29) is 28.7 Å². The molecule has 2 saturated heterocycles. The number of benzene rings is 1. The van der Waals surface area contributed by atoms with Gasteiger partial charge in [-0.15, -0.1) is 0 Å². The third kappa shape index (κ3) is 4.96. The Morgan fingerprint density at radius 1 is 1.30 bits per heavy atom. The fraction of sp³-hybridized carbons (Fsp3) is 0.529. The number of carbonyl (C=O) groups excluding carboxylic acids is 2. The molecule has 0 radical (unpaired) electrons. The van der Waals surface area contributed by atoms with Crippen LogP contribution >= 0.6 is 11.8 Å². The molecule has 2 aliphatic heterocycles. The minimum atomic E-state index is -0.524. The molecule has 3 rings (SSSR count). The van der Waals surface area contributed by atoms with Crippen LogP contribution in [0, 0.1) is 10.1 Å². The molecule has 0 bridgehead atoms. The summed E-state index contributed by atoms with van der Waals surface area (Å²) in [4.78, 5) is 35.7. The van der Waals surface area contributed by atoms with E-state index in [1.54, 1.807) is 17.0 Å². The number of hydrogen-bond donors (Lipinski definition) is 0. The fourth-order valence-electron chi connectivity index (χ4n) is 3.15. The Morgan fingerprint density at radius 2 is 1.96 bits per heavy atom. The smallest absolute Gasteiger partial charge is 0.410 e. The lowest BCUT2D eigenvalue weighted by atomic mass is 10.2. The second kappa shape index (κ2) is 8.68. The number of thioether (sulfide) groups is 1. The Balaban J connectivity index is 1.61. The Kier molecular flexibility index (Phi) is 6.30. The van der Waals surface area contributed by atoms with Crippen LogP contribution in [0.2, 0.25) is 0 Å². The molecule has 0 N–H and O–H groups in total. The van der Waals surface area contributed by atoms with Gasteiger partial charge in [-0.2, -0.15) is 0 Å². The van der Waals surface area contributed by atoms with Crippen molar-refractivity contribution < 1.29 is 28.7 Å². The molecular weight excluding hydrogens is 376 g/mol. The number of nitro groups is 1. The highest BCUT2D eigenvalue weighted by Gasteiger charge is 2.43. The molecule has 1 amide bonds. The van der Waals surface area contributed by atoms with Gasteiger partial charge in [-0.05, 0) is 24.1 Å². The standard InChI is InChI=1S/C17H20N2O7S/c1-11(20)27-14-8-15(16-24-6-7-25-16)18(9-14)17(21)26-10-12-2-4-13(5-3-12)19(22)23/h2-5,14-16H,6-10H2,1H3/t14-,15-/m0/s1. The molecule has 10 heteroatoms. The molecular formula is C17H20N2O7S. The predicted molar refractivity (Wildman–Crippen MR) is 96.1 cm³/mol. The molecule has 9 nitrogen and oxygen atoms in total. The first-order chi connectivity index (χ1) is 12.9. The fourth-order valence-corrected chi connectivity index (χ4v) is 4.15. The first kappa shape index (κ1) is 19.6. The second-order valence-corrected chi connectivity index (χ2v) is 7.75. The number of carbonyl (C=O) groups is 2. The van der Waals surface area contributed by atoms with Crippen LogP contribution in [0.3, 0.4) is 0 Å². The number of amides is 1. The van der Waals surface area contributed by atoms with Crippen molar-refractivity contribution >= 4 is 28.7 Å². The number of nitro benzene ring substituents is 1. The molecule has 0 spiro atoms. The maximum Gasteiger partial charge on any atom is 0.410 e. The Labute approximate surface area is 160 Å². The quantitative estimate of drug-likeness (QED) is 0.551. The first-order valence-electron chi connectivity index (χ1n) is 8.51. The van der Waals surface area contributed by atoms with Gasteiger partial charge in [0, 0.05) is 30.9 Å². The zero-order valence-electron chi connectivity index (χ0n) is 14.7. The summed E-state index contributed by atoms with van der Waals surface area (Å²) >= 11 is 1.20. The summed E-state index contributed by atoms with van der Waals surface area (Å²) < 4.78 is 16.4. The summed E-state index contributed by atoms with van der Waals surface area (Å²) in [5.41, 5.74) is 0.622. The summed E-state index contributed by atoms with van der Waals surface area (Å²) in [5, 5.41) is 10.6. The summed E-state index contributed by atoms with van der Waals surface area (Å²) in [5.74, 6) is 0. The maximum atomic E-state index is 12.6. The number of rotatable bonds is 5. The number of non-ortho nitro benzene ring substituents is 1. The number of hydrogen-bond acceptors (Lipinski definition) is 8. The average Bonchev–Trinajstić information content (AvgIpc) is 3.29. The molecule has 146 valence electrons. The summed E-state index contributed by atoms with van der Waals surface area (Å²) in [6.07, 6.45) is -0.458. The summed E-state index contributed by atoms with van der Waals surface area (Å²) in [7, 11) is 0. The van der Waals surface area contributed by atoms with E-state index in [0.29, 0.717) is 31.7 Å². The molecule has 2 heterocycles. The molecule has 0 saturated carbocycles. The van der Waals surface area contributed by atoms with E-state index in [4.69, 9.17) is 14.2 Å². The lowest BCUT2D eigenvalue weighted by Crippen LogP contribution is -2.43. The topological polar surface area (TPSA) is 108 Å². The second-order valence-electron chi connectivity index (χ2n) is 6.27. The molecule has 0 unspecified atom stereocenters. The normalized spacial score (nSPS) is 22.8. The summed E-state index contributed by atoms with van der Waals surface area (Å²) in [6, 6.07) is 5.51. The van der Waals surface area contributed by atoms with Gasteiger partial charge in [0.15, 0.2) is 11.4 Å². The van der Waals surface area contributed by atoms with Crippen molar-refractivity contribution in [1.82, 2.24) is 4.90 Å². The van der Waals surface area contributed by atoms with Crippen LogP contribution in [0.25, 0.3) is 0 Å². The predicted octanol–water partition coefficient (Wildman–Crippen LogP) is 2.33. The van der Waals surface area contributed by atoms with Crippen LogP contribution < -0.4 is 0 Å². The highest BCUT2D eigenvalue weighted by Crippen LogP contribution is 2.32. The highest BCUT2D eigenvalue weighted by atomic mass is 32.2. The van der Waals surface area contributed by atoms with Gasteiger partial charge in [-0.1, -0.05) is 11.8 Å². The van der Waals surface area contributed by atoms with E-state index in [0.717, 1.165) is 0 Å². The van der Waals surface area contributed by atoms with Crippen molar-refractivity contribution in [1.29, 1.82) is 0 Å². The number of ether oxygens (including phenoxy) is 3. The highest BCUT2D eigenvalue weighted by molar-refractivity contribution is 8.14. The first-order valence-corrected chi connectivity index (χ1v) is 9.39. The van der Waals surface area contributed by atoms with E-state index in [1.807, 2.05) is 0 Å². The number of nitrogens with zero attached hydrogens (tertiary/aromatic N) is 2. The van der Waals surface area contributed by atoms with Gasteiger partial charge in [0.05, 0.1) is 24.2 Å². The van der Waals surface area contributed by atoms with Crippen LogP contribution in [0.15, 0.2) is 24.3 Å². The molecule has 2 fully saturated rings. The van der Waals surface area contributed by atoms with Crippen molar-refractivity contribution in [3.05, 3.63) is 39.9 Å². The molecule has 1 aromatic rings. The minimum absolute atomic E-state index is 0.00303. The molecule has 2 aliphatic rings. The van der Waals surface area contributed by atoms with Crippen LogP contribution in [-0.4, -0.2) is 58.4 Å². The van der Waals surface area contributed by atoms with Crippen molar-refractivity contribution in [3.63, 3.8) is 0 Å². The van der Waals surface area contributed by atoms with Crippen LogP contribution in [0.1, 0.15) is 18.9 Å². The van der Waals surface area contributed by atoms with E-state index in [1.165, 1.54) is 30.8 Å². The van der Waals surface area contributed by atoms with Crippen molar-refractivity contribution in [2.24, 2.45) is 0 Å². The average molecular weight is 396 g/mol. The van der Waals surface area contributed by atoms with Gasteiger partial charge < -0.3 is 14.2 Å². The van der Waals surface area contributed by atoms with E-state index < -0.39 is 17.3 Å². The van der Waals surface area contributed by atoms with Gasteiger partial charge in [-0.3, -0.25) is 19.8 Å². The lowest BCUT2D eigenvalue weighted by Gasteiger charge is -2.27. The van der Waals surface area contributed by atoms with Gasteiger partial charge >= 0.3 is 6.09 Å². The van der Waals surface area contributed by atoms with E-state index in [9.17, 15) is 19.7 Å². The van der Waals surface area contributed by atoms with Crippen LogP contribution in [0.4, 0.5) is 10.5 Å². The third-order valence-corrected chi connectivity index (χ3v) is 5.35. The zero-order chi connectivity index (χ0) is 19.4. The molecule has 1 aromatic carbocycles.